The first-order chi connectivity index (χ1) is 14.6. The van der Waals surface area contributed by atoms with E-state index in [2.05, 4.69) is 20.6 Å². The molecule has 168 valence electrons. The maximum atomic E-state index is 12.0. The van der Waals surface area contributed by atoms with Crippen molar-refractivity contribution in [1.82, 2.24) is 9.97 Å². The zero-order valence-electron chi connectivity index (χ0n) is 17.4. The van der Waals surface area contributed by atoms with Gasteiger partial charge in [-0.15, -0.1) is 0 Å². The van der Waals surface area contributed by atoms with Crippen molar-refractivity contribution in [1.29, 1.82) is 0 Å². The van der Waals surface area contributed by atoms with Gasteiger partial charge in [-0.1, -0.05) is 18.5 Å². The van der Waals surface area contributed by atoms with Crippen molar-refractivity contribution in [3.05, 3.63) is 34.6 Å². The second-order valence-corrected chi connectivity index (χ2v) is 10.0. The Morgan fingerprint density at radius 2 is 1.90 bits per heavy atom. The van der Waals surface area contributed by atoms with Crippen molar-refractivity contribution in [2.24, 2.45) is 5.73 Å². The van der Waals surface area contributed by atoms with Crippen molar-refractivity contribution in [2.75, 3.05) is 16.9 Å². The molecule has 2 aromatic rings. The number of aliphatic hydroxyl groups is 1. The molecule has 1 aliphatic rings. The zero-order valence-corrected chi connectivity index (χ0v) is 18.9. The molecule has 1 amide bonds. The van der Waals surface area contributed by atoms with Crippen LogP contribution in [0.4, 0.5) is 17.3 Å². The fourth-order valence-electron chi connectivity index (χ4n) is 3.52. The fourth-order valence-corrected chi connectivity index (χ4v) is 4.85. The van der Waals surface area contributed by atoms with Crippen molar-refractivity contribution >= 4 is 44.7 Å². The number of anilines is 3. The van der Waals surface area contributed by atoms with Crippen LogP contribution in [0, 0.1) is 0 Å². The second kappa shape index (κ2) is 9.37. The Hall–Kier alpha value is -2.43. The van der Waals surface area contributed by atoms with Gasteiger partial charge in [0.2, 0.25) is 0 Å². The highest BCUT2D eigenvalue weighted by atomic mass is 35.5. The van der Waals surface area contributed by atoms with Crippen LogP contribution in [0.25, 0.3) is 0 Å². The summed E-state index contributed by atoms with van der Waals surface area (Å²) in [5, 5.41) is 16.1. The summed E-state index contributed by atoms with van der Waals surface area (Å²) in [4.78, 5) is 21.0. The van der Waals surface area contributed by atoms with Gasteiger partial charge in [0.1, 0.15) is 5.82 Å². The summed E-state index contributed by atoms with van der Waals surface area (Å²) in [7, 11) is -3.47. The molecule has 0 unspecified atom stereocenters. The number of rotatable bonds is 7. The van der Waals surface area contributed by atoms with E-state index in [9.17, 15) is 18.3 Å². The van der Waals surface area contributed by atoms with Gasteiger partial charge in [0.05, 0.1) is 21.7 Å². The van der Waals surface area contributed by atoms with Crippen LogP contribution < -0.4 is 16.4 Å². The first kappa shape index (κ1) is 23.2. The van der Waals surface area contributed by atoms with Crippen LogP contribution in [0.2, 0.25) is 5.02 Å². The van der Waals surface area contributed by atoms with Gasteiger partial charge in [-0.2, -0.15) is 0 Å². The number of halogens is 1. The molecule has 1 aromatic heterocycles. The van der Waals surface area contributed by atoms with Crippen LogP contribution in [0.5, 0.6) is 0 Å². The largest absolute Gasteiger partial charge is 0.393 e. The number of hydrogen-bond acceptors (Lipinski definition) is 8. The molecular formula is C20H26ClN5O4S. The number of carbonyl (C=O) groups excluding carboxylic acids is 1. The fraction of sp³-hybridized carbons (Fsp3) is 0.450. The Balaban J connectivity index is 1.94. The molecule has 0 spiro atoms. The number of aliphatic hydroxyl groups excluding tert-OH is 1. The van der Waals surface area contributed by atoms with Crippen molar-refractivity contribution in [2.45, 2.75) is 56.1 Å². The lowest BCUT2D eigenvalue weighted by atomic mass is 9.93. The molecule has 0 aliphatic heterocycles. The third-order valence-corrected chi connectivity index (χ3v) is 6.75. The molecule has 1 aromatic carbocycles. The molecule has 1 aliphatic carbocycles. The van der Waals surface area contributed by atoms with Crippen molar-refractivity contribution < 1.29 is 18.3 Å². The van der Waals surface area contributed by atoms with E-state index >= 15 is 0 Å². The molecular weight excluding hydrogens is 442 g/mol. The van der Waals surface area contributed by atoms with Gasteiger partial charge in [-0.05, 0) is 50.3 Å². The quantitative estimate of drug-likeness (QED) is 0.485. The average Bonchev–Trinajstić information content (AvgIpc) is 2.68. The van der Waals surface area contributed by atoms with Crippen LogP contribution >= 0.6 is 11.6 Å². The minimum absolute atomic E-state index is 0.00379. The highest BCUT2D eigenvalue weighted by Crippen LogP contribution is 2.29. The van der Waals surface area contributed by atoms with Gasteiger partial charge in [0, 0.05) is 18.0 Å². The first-order valence-corrected chi connectivity index (χ1v) is 12.3. The van der Waals surface area contributed by atoms with Gasteiger partial charge < -0.3 is 21.5 Å². The highest BCUT2D eigenvalue weighted by Gasteiger charge is 2.23. The van der Waals surface area contributed by atoms with Crippen LogP contribution in [0.1, 0.15) is 48.8 Å². The lowest BCUT2D eigenvalue weighted by Gasteiger charge is -2.27. The Kier molecular flexibility index (Phi) is 7.03. The lowest BCUT2D eigenvalue weighted by molar-refractivity contribution is 0.0996. The monoisotopic (exact) mass is 467 g/mol. The molecule has 3 rings (SSSR count). The topological polar surface area (TPSA) is 147 Å². The number of hydrogen-bond donors (Lipinski definition) is 4. The summed E-state index contributed by atoms with van der Waals surface area (Å²) in [6, 6.07) is 4.48. The number of aryl methyl sites for hydroxylation is 1. The third-order valence-electron chi connectivity index (χ3n) is 5.17. The number of primary amides is 1. The number of amides is 1. The molecule has 9 nitrogen and oxygen atoms in total. The third kappa shape index (κ3) is 5.63. The molecule has 31 heavy (non-hydrogen) atoms. The second-order valence-electron chi connectivity index (χ2n) is 7.63. The predicted molar refractivity (Wildman–Crippen MR) is 120 cm³/mol. The van der Waals surface area contributed by atoms with E-state index in [0.717, 1.165) is 19.1 Å². The molecule has 11 heteroatoms. The lowest BCUT2D eigenvalue weighted by Crippen LogP contribution is -2.29. The molecule has 0 bridgehead atoms. The van der Waals surface area contributed by atoms with Crippen molar-refractivity contribution in [3.8, 4) is 0 Å². The minimum atomic E-state index is -3.47. The first-order valence-electron chi connectivity index (χ1n) is 10.0. The normalized spacial score (nSPS) is 19.1. The van der Waals surface area contributed by atoms with Gasteiger partial charge >= 0.3 is 0 Å². The molecule has 1 fully saturated rings. The van der Waals surface area contributed by atoms with Crippen LogP contribution in [0.15, 0.2) is 23.1 Å². The van der Waals surface area contributed by atoms with Gasteiger partial charge in [-0.25, -0.2) is 18.4 Å². The number of benzene rings is 1. The number of carbonyl (C=O) groups is 1. The van der Waals surface area contributed by atoms with Crippen molar-refractivity contribution in [3.63, 3.8) is 0 Å². The SMILES string of the molecule is CCc1nc(C(N)=O)c(Nc2ccc(S(C)(=O)=O)c(Cl)c2)nc1NC1CCC(O)CC1. The number of nitrogens with one attached hydrogen (secondary N) is 2. The highest BCUT2D eigenvalue weighted by molar-refractivity contribution is 7.90. The smallest absolute Gasteiger partial charge is 0.271 e. The number of aromatic nitrogens is 2. The van der Waals surface area contributed by atoms with Crippen LogP contribution in [0.3, 0.4) is 0 Å². The Labute approximate surface area is 186 Å². The Morgan fingerprint density at radius 3 is 2.45 bits per heavy atom. The number of sulfone groups is 1. The van der Waals surface area contributed by atoms with E-state index in [-0.39, 0.29) is 33.6 Å². The summed E-state index contributed by atoms with van der Waals surface area (Å²) in [6.07, 6.45) is 4.36. The maximum absolute atomic E-state index is 12.0. The number of nitrogens with zero attached hydrogens (tertiary/aromatic N) is 2. The number of nitrogens with two attached hydrogens (primary N) is 1. The summed E-state index contributed by atoms with van der Waals surface area (Å²) < 4.78 is 23.6. The van der Waals surface area contributed by atoms with Crippen LogP contribution in [-0.2, 0) is 16.3 Å². The standard InChI is InChI=1S/C20H26ClN5O4S/c1-3-15-19(23-11-4-7-13(27)8-5-11)26-20(17(25-15)18(22)28)24-12-6-9-16(14(21)10-12)31(2,29)30/h6,9-11,13,27H,3-5,7-8H2,1-2H3,(H2,22,28)(H2,23,24,26). The van der Waals surface area contributed by atoms with E-state index in [1.54, 1.807) is 0 Å². The van der Waals surface area contributed by atoms with Gasteiger partial charge in [0.15, 0.2) is 21.3 Å². The Bertz CT molecular complexity index is 1090. The zero-order chi connectivity index (χ0) is 22.8. The summed E-state index contributed by atoms with van der Waals surface area (Å²) in [5.41, 5.74) is 6.54. The molecule has 0 saturated heterocycles. The van der Waals surface area contributed by atoms with E-state index in [1.165, 1.54) is 18.2 Å². The molecule has 1 heterocycles. The maximum Gasteiger partial charge on any atom is 0.271 e. The summed E-state index contributed by atoms with van der Waals surface area (Å²) in [6.45, 7) is 1.90. The molecule has 1 saturated carbocycles. The molecule has 5 N–H and O–H groups in total. The van der Waals surface area contributed by atoms with Gasteiger partial charge in [0.25, 0.3) is 5.91 Å². The summed E-state index contributed by atoms with van der Waals surface area (Å²) >= 11 is 6.12. The van der Waals surface area contributed by atoms with E-state index in [4.69, 9.17) is 17.3 Å². The molecule has 0 atom stereocenters. The average molecular weight is 468 g/mol. The van der Waals surface area contributed by atoms with E-state index < -0.39 is 15.7 Å². The predicted octanol–water partition coefficient (Wildman–Crippen LogP) is 2.65. The van der Waals surface area contributed by atoms with Gasteiger partial charge in [-0.3, -0.25) is 4.79 Å². The molecule has 0 radical (unpaired) electrons. The van der Waals surface area contributed by atoms with E-state index in [0.29, 0.717) is 36.5 Å². The van der Waals surface area contributed by atoms with E-state index in [1.807, 2.05) is 6.92 Å². The minimum Gasteiger partial charge on any atom is -0.393 e. The van der Waals surface area contributed by atoms with Crippen LogP contribution in [-0.4, -0.2) is 47.8 Å². The Morgan fingerprint density at radius 1 is 1.23 bits per heavy atom. The summed E-state index contributed by atoms with van der Waals surface area (Å²) in [5.74, 6) is -0.0580.